The number of aliphatic carboxylic acids is 1. The van der Waals surface area contributed by atoms with Crippen molar-refractivity contribution in [2.24, 2.45) is 5.73 Å². The van der Waals surface area contributed by atoms with Crippen molar-refractivity contribution in [3.05, 3.63) is 35.1 Å². The number of carbonyl (C=O) groups is 2. The minimum absolute atomic E-state index is 0.0495. The van der Waals surface area contributed by atoms with Crippen molar-refractivity contribution < 1.29 is 24.2 Å². The molecule has 0 heterocycles. The van der Waals surface area contributed by atoms with Gasteiger partial charge in [-0.2, -0.15) is 0 Å². The third-order valence-electron chi connectivity index (χ3n) is 2.04. The van der Waals surface area contributed by atoms with Gasteiger partial charge in [-0.05, 0) is 24.1 Å². The Hall–Kier alpha value is -1.95. The minimum atomic E-state index is -1.37. The van der Waals surface area contributed by atoms with Gasteiger partial charge in [-0.3, -0.25) is 4.79 Å². The molecule has 0 radical (unpaired) electrons. The highest BCUT2D eigenvalue weighted by atomic mass is 19.1. The molecule has 0 aliphatic heterocycles. The molecule has 0 saturated carbocycles. The van der Waals surface area contributed by atoms with E-state index < -0.39 is 29.4 Å². The Kier molecular flexibility index (Phi) is 3.57. The molecule has 1 aromatic rings. The Bertz CT molecular complexity index is 433. The number of aromatic carboxylic acids is 1. The molecule has 0 amide bonds. The van der Waals surface area contributed by atoms with Crippen molar-refractivity contribution >= 4 is 11.9 Å². The summed E-state index contributed by atoms with van der Waals surface area (Å²) in [5, 5.41) is 17.1. The number of carboxylic acid groups (broad SMARTS) is 2. The fourth-order valence-electron chi connectivity index (χ4n) is 1.20. The zero-order chi connectivity index (χ0) is 12.3. The van der Waals surface area contributed by atoms with Crippen LogP contribution in [0.5, 0.6) is 0 Å². The summed E-state index contributed by atoms with van der Waals surface area (Å²) in [7, 11) is 0. The van der Waals surface area contributed by atoms with Crippen LogP contribution in [0.25, 0.3) is 0 Å². The van der Waals surface area contributed by atoms with E-state index in [4.69, 9.17) is 15.9 Å². The quantitative estimate of drug-likeness (QED) is 0.694. The number of halogens is 1. The second-order valence-electron chi connectivity index (χ2n) is 3.27. The lowest BCUT2D eigenvalue weighted by Gasteiger charge is -2.07. The fraction of sp³-hybridized carbons (Fsp3) is 0.200. The highest BCUT2D eigenvalue weighted by Gasteiger charge is 2.15. The molecular weight excluding hydrogens is 217 g/mol. The topological polar surface area (TPSA) is 101 Å². The van der Waals surface area contributed by atoms with Crippen LogP contribution in [-0.4, -0.2) is 28.2 Å². The third kappa shape index (κ3) is 2.77. The van der Waals surface area contributed by atoms with Crippen molar-refractivity contribution in [2.45, 2.75) is 12.5 Å². The molecule has 4 N–H and O–H groups in total. The van der Waals surface area contributed by atoms with Gasteiger partial charge in [0.05, 0.1) is 5.56 Å². The lowest BCUT2D eigenvalue weighted by molar-refractivity contribution is -0.138. The smallest absolute Gasteiger partial charge is 0.338 e. The first-order valence-electron chi connectivity index (χ1n) is 4.42. The van der Waals surface area contributed by atoms with Crippen LogP contribution in [0.4, 0.5) is 4.39 Å². The average Bonchev–Trinajstić information content (AvgIpc) is 2.16. The van der Waals surface area contributed by atoms with Gasteiger partial charge in [0.2, 0.25) is 0 Å². The van der Waals surface area contributed by atoms with E-state index in [1.54, 1.807) is 0 Å². The largest absolute Gasteiger partial charge is 0.480 e. The molecule has 1 rings (SSSR count). The van der Waals surface area contributed by atoms with Crippen LogP contribution < -0.4 is 5.73 Å². The van der Waals surface area contributed by atoms with Crippen molar-refractivity contribution in [2.75, 3.05) is 0 Å². The van der Waals surface area contributed by atoms with Crippen LogP contribution in [0.15, 0.2) is 18.2 Å². The first kappa shape index (κ1) is 12.1. The molecular formula is C10H10FNO4. The number of hydrogen-bond donors (Lipinski definition) is 3. The highest BCUT2D eigenvalue weighted by Crippen LogP contribution is 2.11. The molecule has 0 aliphatic rings. The molecule has 5 nitrogen and oxygen atoms in total. The monoisotopic (exact) mass is 227 g/mol. The van der Waals surface area contributed by atoms with Gasteiger partial charge in [0.25, 0.3) is 0 Å². The maximum Gasteiger partial charge on any atom is 0.338 e. The summed E-state index contributed by atoms with van der Waals surface area (Å²) in [6.45, 7) is 0. The summed E-state index contributed by atoms with van der Waals surface area (Å²) in [5.74, 6) is -3.46. The van der Waals surface area contributed by atoms with Gasteiger partial charge in [0, 0.05) is 0 Å². The average molecular weight is 227 g/mol. The Morgan fingerprint density at radius 2 is 2.00 bits per heavy atom. The Balaban J connectivity index is 2.89. The lowest BCUT2D eigenvalue weighted by atomic mass is 10.0. The molecule has 86 valence electrons. The van der Waals surface area contributed by atoms with E-state index in [-0.39, 0.29) is 6.42 Å². The zero-order valence-electron chi connectivity index (χ0n) is 8.18. The molecule has 0 spiro atoms. The van der Waals surface area contributed by atoms with Crippen molar-refractivity contribution in [3.63, 3.8) is 0 Å². The second kappa shape index (κ2) is 4.71. The van der Waals surface area contributed by atoms with Gasteiger partial charge in [-0.25, -0.2) is 9.18 Å². The maximum absolute atomic E-state index is 13.2. The van der Waals surface area contributed by atoms with E-state index in [1.165, 1.54) is 6.07 Å². The molecule has 16 heavy (non-hydrogen) atoms. The van der Waals surface area contributed by atoms with E-state index in [2.05, 4.69) is 0 Å². The first-order chi connectivity index (χ1) is 7.41. The van der Waals surface area contributed by atoms with Crippen LogP contribution in [0.3, 0.4) is 0 Å². The lowest BCUT2D eigenvalue weighted by Crippen LogP contribution is -2.32. The van der Waals surface area contributed by atoms with E-state index >= 15 is 0 Å². The Morgan fingerprint density at radius 3 is 2.44 bits per heavy atom. The highest BCUT2D eigenvalue weighted by molar-refractivity contribution is 5.87. The zero-order valence-corrected chi connectivity index (χ0v) is 8.18. The molecule has 0 aliphatic carbocycles. The Morgan fingerprint density at radius 1 is 1.38 bits per heavy atom. The summed E-state index contributed by atoms with van der Waals surface area (Å²) in [5.41, 5.74) is 5.15. The van der Waals surface area contributed by atoms with Crippen LogP contribution in [-0.2, 0) is 11.2 Å². The fourth-order valence-corrected chi connectivity index (χ4v) is 1.20. The summed E-state index contributed by atoms with van der Waals surface area (Å²) in [4.78, 5) is 21.0. The summed E-state index contributed by atoms with van der Waals surface area (Å²) >= 11 is 0. The first-order valence-corrected chi connectivity index (χ1v) is 4.42. The number of carboxylic acids is 2. The number of benzene rings is 1. The van der Waals surface area contributed by atoms with E-state index in [1.807, 2.05) is 0 Å². The number of nitrogens with two attached hydrogens (primary N) is 1. The number of hydrogen-bond acceptors (Lipinski definition) is 3. The maximum atomic E-state index is 13.2. The summed E-state index contributed by atoms with van der Waals surface area (Å²) < 4.78 is 13.2. The van der Waals surface area contributed by atoms with Crippen molar-refractivity contribution in [1.29, 1.82) is 0 Å². The van der Waals surface area contributed by atoms with Crippen LogP contribution in [0, 0.1) is 5.82 Å². The van der Waals surface area contributed by atoms with Gasteiger partial charge in [0.1, 0.15) is 11.9 Å². The van der Waals surface area contributed by atoms with Crippen LogP contribution in [0.1, 0.15) is 15.9 Å². The van der Waals surface area contributed by atoms with E-state index in [0.717, 1.165) is 12.1 Å². The van der Waals surface area contributed by atoms with Gasteiger partial charge in [0.15, 0.2) is 0 Å². The van der Waals surface area contributed by atoms with Gasteiger partial charge in [-0.15, -0.1) is 0 Å². The molecule has 0 fully saturated rings. The molecule has 0 aromatic heterocycles. The predicted octanol–water partition coefficient (Wildman–Crippen LogP) is 0.478. The van der Waals surface area contributed by atoms with Gasteiger partial charge >= 0.3 is 11.9 Å². The van der Waals surface area contributed by atoms with Gasteiger partial charge < -0.3 is 15.9 Å². The molecule has 0 saturated heterocycles. The second-order valence-corrected chi connectivity index (χ2v) is 3.27. The van der Waals surface area contributed by atoms with Gasteiger partial charge in [-0.1, -0.05) is 6.07 Å². The minimum Gasteiger partial charge on any atom is -0.480 e. The normalized spacial score (nSPS) is 12.1. The molecule has 1 atom stereocenters. The van der Waals surface area contributed by atoms with E-state index in [9.17, 15) is 14.0 Å². The Labute approximate surface area is 90.3 Å². The van der Waals surface area contributed by atoms with Crippen molar-refractivity contribution in [1.82, 2.24) is 0 Å². The predicted molar refractivity (Wildman–Crippen MR) is 52.7 cm³/mol. The number of rotatable bonds is 4. The van der Waals surface area contributed by atoms with Crippen LogP contribution in [0.2, 0.25) is 0 Å². The molecule has 0 bridgehead atoms. The summed E-state index contributed by atoms with van der Waals surface area (Å²) in [6.07, 6.45) is -0.0495. The molecule has 0 unspecified atom stereocenters. The molecule has 6 heteroatoms. The van der Waals surface area contributed by atoms with E-state index in [0.29, 0.717) is 5.56 Å². The molecule has 1 aromatic carbocycles. The van der Waals surface area contributed by atoms with Crippen LogP contribution >= 0.6 is 0 Å². The standard InChI is InChI=1S/C10H10FNO4/c11-7-3-5(4-8(12)10(15)16)1-2-6(7)9(13)14/h1-3,8H,4,12H2,(H,13,14)(H,15,16)/t8-/m0/s1. The third-order valence-corrected chi connectivity index (χ3v) is 2.04. The SMILES string of the molecule is N[C@@H](Cc1ccc(C(=O)O)c(F)c1)C(=O)O. The summed E-state index contributed by atoms with van der Waals surface area (Å²) in [6, 6.07) is 2.28. The van der Waals surface area contributed by atoms with Crippen molar-refractivity contribution in [3.8, 4) is 0 Å².